The number of nitrogens with one attached hydrogen (secondary N) is 1. The maximum Gasteiger partial charge on any atom is 0.346 e. The number of amides is 1. The van der Waals surface area contributed by atoms with E-state index in [1.807, 2.05) is 5.43 Å². The van der Waals surface area contributed by atoms with Gasteiger partial charge in [-0.25, -0.2) is 15.3 Å². The van der Waals surface area contributed by atoms with Crippen molar-refractivity contribution in [3.8, 4) is 0 Å². The molecule has 2 aromatic rings. The van der Waals surface area contributed by atoms with Crippen LogP contribution in [0.4, 0.5) is 0 Å². The van der Waals surface area contributed by atoms with Crippen molar-refractivity contribution in [2.45, 2.75) is 38.8 Å². The van der Waals surface area contributed by atoms with Crippen LogP contribution in [0.1, 0.15) is 41.2 Å². The van der Waals surface area contributed by atoms with Gasteiger partial charge < -0.3 is 4.42 Å². The molecule has 1 aliphatic rings. The van der Waals surface area contributed by atoms with Gasteiger partial charge in [0.1, 0.15) is 24.4 Å². The molecule has 0 unspecified atom stereocenters. The van der Waals surface area contributed by atoms with E-state index in [0.29, 0.717) is 17.9 Å². The molecule has 8 nitrogen and oxygen atoms in total. The minimum Gasteiger partial charge on any atom is -0.467 e. The zero-order chi connectivity index (χ0) is 14.8. The normalized spacial score (nSPS) is 14.5. The Morgan fingerprint density at radius 1 is 1.43 bits per heavy atom. The van der Waals surface area contributed by atoms with E-state index >= 15 is 0 Å². The van der Waals surface area contributed by atoms with Crippen molar-refractivity contribution in [2.75, 3.05) is 0 Å². The van der Waals surface area contributed by atoms with Crippen molar-refractivity contribution in [1.29, 1.82) is 0 Å². The number of nitrogens with zero attached hydrogens (tertiary/aromatic N) is 3. The lowest BCUT2D eigenvalue weighted by molar-refractivity contribution is 0.0953. The van der Waals surface area contributed by atoms with Gasteiger partial charge in [-0.3, -0.25) is 14.8 Å². The summed E-state index contributed by atoms with van der Waals surface area (Å²) in [7, 11) is 0. The van der Waals surface area contributed by atoms with Crippen LogP contribution in [0.2, 0.25) is 0 Å². The standard InChI is InChI=1S/C13H17N5O3/c14-15-12(19)9-6-10(21-8-9)7-18-13(20)17-5-3-1-2-4-11(17)16-18/h6,8H,1-5,7,14H2,(H,15,19). The monoisotopic (exact) mass is 291 g/mol. The van der Waals surface area contributed by atoms with Gasteiger partial charge in [0, 0.05) is 13.0 Å². The molecule has 0 saturated heterocycles. The lowest BCUT2D eigenvalue weighted by atomic mass is 10.2. The predicted molar refractivity (Wildman–Crippen MR) is 73.5 cm³/mol. The fourth-order valence-corrected chi connectivity index (χ4v) is 2.54. The molecule has 3 N–H and O–H groups in total. The van der Waals surface area contributed by atoms with Gasteiger partial charge in [0.2, 0.25) is 0 Å². The summed E-state index contributed by atoms with van der Waals surface area (Å²) >= 11 is 0. The molecule has 112 valence electrons. The summed E-state index contributed by atoms with van der Waals surface area (Å²) in [5.74, 6) is 5.94. The van der Waals surface area contributed by atoms with E-state index in [2.05, 4.69) is 5.10 Å². The Morgan fingerprint density at radius 2 is 2.29 bits per heavy atom. The third-order valence-corrected chi connectivity index (χ3v) is 3.63. The van der Waals surface area contributed by atoms with Gasteiger partial charge in [-0.05, 0) is 18.9 Å². The van der Waals surface area contributed by atoms with Crippen LogP contribution in [-0.2, 0) is 19.5 Å². The predicted octanol–water partition coefficient (Wildman–Crippen LogP) is 0.0160. The number of aryl methyl sites for hydroxylation is 1. The molecule has 2 aromatic heterocycles. The first-order chi connectivity index (χ1) is 10.2. The van der Waals surface area contributed by atoms with Gasteiger partial charge >= 0.3 is 5.69 Å². The zero-order valence-electron chi connectivity index (χ0n) is 11.5. The lowest BCUT2D eigenvalue weighted by Crippen LogP contribution is -2.29. The van der Waals surface area contributed by atoms with Crippen molar-refractivity contribution in [3.05, 3.63) is 40.0 Å². The molecule has 0 atom stereocenters. The van der Waals surface area contributed by atoms with E-state index in [-0.39, 0.29) is 12.2 Å². The average molecular weight is 291 g/mol. The Balaban J connectivity index is 1.84. The highest BCUT2D eigenvalue weighted by molar-refractivity contribution is 5.93. The van der Waals surface area contributed by atoms with E-state index in [1.54, 1.807) is 10.6 Å². The summed E-state index contributed by atoms with van der Waals surface area (Å²) < 4.78 is 8.38. The van der Waals surface area contributed by atoms with Crippen LogP contribution in [0, 0.1) is 0 Å². The Kier molecular flexibility index (Phi) is 3.61. The number of hydrazine groups is 1. The highest BCUT2D eigenvalue weighted by Gasteiger charge is 2.17. The molecule has 0 radical (unpaired) electrons. The van der Waals surface area contributed by atoms with E-state index in [0.717, 1.165) is 31.5 Å². The second-order valence-electron chi connectivity index (χ2n) is 5.09. The third-order valence-electron chi connectivity index (χ3n) is 3.63. The number of nitrogens with two attached hydrogens (primary N) is 1. The molecule has 21 heavy (non-hydrogen) atoms. The van der Waals surface area contributed by atoms with E-state index in [1.165, 1.54) is 10.9 Å². The molecule has 8 heteroatoms. The average Bonchev–Trinajstić information content (AvgIpc) is 2.97. The van der Waals surface area contributed by atoms with Gasteiger partial charge in [0.05, 0.1) is 5.56 Å². The smallest absolute Gasteiger partial charge is 0.346 e. The highest BCUT2D eigenvalue weighted by Crippen LogP contribution is 2.12. The Labute approximate surface area is 120 Å². The molecule has 0 bridgehead atoms. The number of carbonyl (C=O) groups is 1. The molecule has 0 aliphatic carbocycles. The quantitative estimate of drug-likeness (QED) is 0.470. The van der Waals surface area contributed by atoms with Crippen molar-refractivity contribution >= 4 is 5.91 Å². The van der Waals surface area contributed by atoms with Gasteiger partial charge in [0.15, 0.2) is 0 Å². The number of furan rings is 1. The molecule has 1 aliphatic heterocycles. The third kappa shape index (κ3) is 2.62. The Bertz CT molecular complexity index is 712. The van der Waals surface area contributed by atoms with Crippen LogP contribution in [-0.4, -0.2) is 20.3 Å². The van der Waals surface area contributed by atoms with Crippen LogP contribution in [0.5, 0.6) is 0 Å². The minimum absolute atomic E-state index is 0.131. The fourth-order valence-electron chi connectivity index (χ4n) is 2.54. The minimum atomic E-state index is -0.432. The number of carbonyl (C=O) groups excluding carboxylic acids is 1. The van der Waals surface area contributed by atoms with Gasteiger partial charge in [-0.15, -0.1) is 0 Å². The second kappa shape index (κ2) is 5.57. The van der Waals surface area contributed by atoms with Crippen molar-refractivity contribution in [1.82, 2.24) is 19.8 Å². The van der Waals surface area contributed by atoms with Crippen LogP contribution >= 0.6 is 0 Å². The van der Waals surface area contributed by atoms with E-state index < -0.39 is 5.91 Å². The van der Waals surface area contributed by atoms with Crippen molar-refractivity contribution in [2.24, 2.45) is 5.84 Å². The molecular formula is C13H17N5O3. The lowest BCUT2D eigenvalue weighted by Gasteiger charge is -1.97. The maximum absolute atomic E-state index is 12.3. The molecule has 3 rings (SSSR count). The first kappa shape index (κ1) is 13.6. The number of rotatable bonds is 3. The number of hydrogen-bond acceptors (Lipinski definition) is 5. The maximum atomic E-state index is 12.3. The van der Waals surface area contributed by atoms with Crippen LogP contribution in [0.25, 0.3) is 0 Å². The summed E-state index contributed by atoms with van der Waals surface area (Å²) in [5.41, 5.74) is 2.22. The largest absolute Gasteiger partial charge is 0.467 e. The second-order valence-corrected chi connectivity index (χ2v) is 5.09. The molecule has 0 aromatic carbocycles. The van der Waals surface area contributed by atoms with Crippen LogP contribution in [0.3, 0.4) is 0 Å². The molecule has 0 saturated carbocycles. The van der Waals surface area contributed by atoms with Crippen LogP contribution < -0.4 is 17.0 Å². The molecule has 0 fully saturated rings. The summed E-state index contributed by atoms with van der Waals surface area (Å²) in [5, 5.41) is 4.36. The number of hydrogen-bond donors (Lipinski definition) is 2. The molecule has 3 heterocycles. The summed E-state index contributed by atoms with van der Waals surface area (Å²) in [6, 6.07) is 1.55. The highest BCUT2D eigenvalue weighted by atomic mass is 16.3. The van der Waals surface area contributed by atoms with Crippen molar-refractivity contribution in [3.63, 3.8) is 0 Å². The number of nitrogen functional groups attached to an aromatic ring is 1. The van der Waals surface area contributed by atoms with Gasteiger partial charge in [-0.1, -0.05) is 6.42 Å². The fraction of sp³-hybridized carbons (Fsp3) is 0.462. The van der Waals surface area contributed by atoms with E-state index in [4.69, 9.17) is 10.3 Å². The SMILES string of the molecule is NNC(=O)c1coc(Cn2nc3n(c2=O)CCCCC3)c1. The summed E-state index contributed by atoms with van der Waals surface area (Å²) in [6.07, 6.45) is 5.31. The molecule has 1 amide bonds. The van der Waals surface area contributed by atoms with Crippen LogP contribution in [0.15, 0.2) is 21.5 Å². The molecular weight excluding hydrogens is 274 g/mol. The van der Waals surface area contributed by atoms with Gasteiger partial charge in [0.25, 0.3) is 5.91 Å². The summed E-state index contributed by atoms with van der Waals surface area (Å²) in [4.78, 5) is 23.6. The number of aromatic nitrogens is 3. The Hall–Kier alpha value is -2.35. The zero-order valence-corrected chi connectivity index (χ0v) is 11.5. The first-order valence-electron chi connectivity index (χ1n) is 6.94. The van der Waals surface area contributed by atoms with Gasteiger partial charge in [-0.2, -0.15) is 5.10 Å². The van der Waals surface area contributed by atoms with E-state index in [9.17, 15) is 9.59 Å². The first-order valence-corrected chi connectivity index (χ1v) is 6.94. The van der Waals surface area contributed by atoms with Crippen molar-refractivity contribution < 1.29 is 9.21 Å². The molecule has 0 spiro atoms. The summed E-state index contributed by atoms with van der Waals surface area (Å²) in [6.45, 7) is 0.920. The topological polar surface area (TPSA) is 108 Å². The number of fused-ring (bicyclic) bond motifs is 1. The Morgan fingerprint density at radius 3 is 3.10 bits per heavy atom.